The van der Waals surface area contributed by atoms with Gasteiger partial charge in [-0.3, -0.25) is 4.57 Å². The Morgan fingerprint density at radius 2 is 2.50 bits per heavy atom. The van der Waals surface area contributed by atoms with E-state index in [1.54, 1.807) is 18.6 Å². The fraction of sp³-hybridized carbons (Fsp3) is 0.300. The molecule has 0 aliphatic heterocycles. The molecule has 0 bridgehead atoms. The molecule has 0 saturated heterocycles. The van der Waals surface area contributed by atoms with Crippen LogP contribution in [0.15, 0.2) is 29.3 Å². The normalized spacial score (nSPS) is 10.3. The fourth-order valence-corrected chi connectivity index (χ4v) is 1.21. The van der Waals surface area contributed by atoms with Gasteiger partial charge >= 0.3 is 6.03 Å². The molecule has 0 radical (unpaired) electrons. The number of hydrogen-bond donors (Lipinski definition) is 1. The Kier molecular flexibility index (Phi) is 3.00. The van der Waals surface area contributed by atoms with Crippen molar-refractivity contribution >= 4 is 6.03 Å². The van der Waals surface area contributed by atoms with Gasteiger partial charge in [0.25, 0.3) is 0 Å². The molecule has 0 saturated carbocycles. The molecule has 2 aromatic heterocycles. The van der Waals surface area contributed by atoms with Crippen LogP contribution in [0, 0.1) is 0 Å². The van der Waals surface area contributed by atoms with E-state index >= 15 is 0 Å². The second-order valence-corrected chi connectivity index (χ2v) is 3.20. The first-order chi connectivity index (χ1) is 7.79. The van der Waals surface area contributed by atoms with E-state index in [2.05, 4.69) is 15.3 Å². The van der Waals surface area contributed by atoms with Gasteiger partial charge in [-0.05, 0) is 0 Å². The zero-order chi connectivity index (χ0) is 11.4. The molecule has 0 aromatic carbocycles. The van der Waals surface area contributed by atoms with Crippen LogP contribution in [-0.4, -0.2) is 20.6 Å². The van der Waals surface area contributed by atoms with Gasteiger partial charge < -0.3 is 9.73 Å². The number of carbonyl (C=O) groups is 1. The maximum absolute atomic E-state index is 11.5. The molecule has 6 nitrogen and oxygen atoms in total. The molecule has 0 aliphatic rings. The molecule has 16 heavy (non-hydrogen) atoms. The highest BCUT2D eigenvalue weighted by atomic mass is 16.4. The minimum Gasteiger partial charge on any atom is -0.444 e. The first kappa shape index (κ1) is 10.4. The Morgan fingerprint density at radius 1 is 1.62 bits per heavy atom. The highest BCUT2D eigenvalue weighted by molar-refractivity contribution is 5.76. The second kappa shape index (κ2) is 4.61. The third-order valence-corrected chi connectivity index (χ3v) is 2.08. The van der Waals surface area contributed by atoms with Crippen LogP contribution < -0.4 is 5.32 Å². The van der Waals surface area contributed by atoms with Gasteiger partial charge in [0.15, 0.2) is 0 Å². The van der Waals surface area contributed by atoms with Crippen molar-refractivity contribution in [3.8, 4) is 0 Å². The van der Waals surface area contributed by atoms with E-state index in [9.17, 15) is 4.79 Å². The molecule has 2 heterocycles. The number of carbonyl (C=O) groups excluding carboxylic acids is 1. The predicted molar refractivity (Wildman–Crippen MR) is 55.7 cm³/mol. The lowest BCUT2D eigenvalue weighted by Crippen LogP contribution is -2.27. The summed E-state index contributed by atoms with van der Waals surface area (Å²) < 4.78 is 6.70. The molecule has 0 fully saturated rings. The molecule has 2 aromatic rings. The molecule has 2 rings (SSSR count). The van der Waals surface area contributed by atoms with Gasteiger partial charge in [-0.1, -0.05) is 6.92 Å². The molecule has 6 heteroatoms. The molecule has 0 spiro atoms. The Labute approximate surface area is 92.3 Å². The summed E-state index contributed by atoms with van der Waals surface area (Å²) in [5, 5.41) is 2.67. The van der Waals surface area contributed by atoms with Gasteiger partial charge in [0.05, 0.1) is 12.7 Å². The highest BCUT2D eigenvalue weighted by Gasteiger charge is 2.06. The molecule has 1 amide bonds. The first-order valence-electron chi connectivity index (χ1n) is 4.99. The number of oxazole rings is 1. The average molecular weight is 220 g/mol. The molecular formula is C10H12N4O2. The zero-order valence-electron chi connectivity index (χ0n) is 8.88. The van der Waals surface area contributed by atoms with Gasteiger partial charge in [0.2, 0.25) is 5.89 Å². The first-order valence-corrected chi connectivity index (χ1v) is 4.99. The Bertz CT molecular complexity index is 461. The maximum atomic E-state index is 11.5. The summed E-state index contributed by atoms with van der Waals surface area (Å²) >= 11 is 0. The van der Waals surface area contributed by atoms with Crippen molar-refractivity contribution in [2.24, 2.45) is 0 Å². The van der Waals surface area contributed by atoms with E-state index in [0.29, 0.717) is 5.89 Å². The maximum Gasteiger partial charge on any atom is 0.327 e. The largest absolute Gasteiger partial charge is 0.444 e. The lowest BCUT2D eigenvalue weighted by molar-refractivity contribution is 0.240. The number of imidazole rings is 1. The lowest BCUT2D eigenvalue weighted by Gasteiger charge is -2.01. The standard InChI is InChI=1S/C10H12N4O2/c1-2-8-5-12-9(16-8)6-13-10(15)14-4-3-11-7-14/h3-5,7H,2,6H2,1H3,(H,13,15). The van der Waals surface area contributed by atoms with E-state index < -0.39 is 0 Å². The molecular weight excluding hydrogens is 208 g/mol. The lowest BCUT2D eigenvalue weighted by atomic mass is 10.4. The van der Waals surface area contributed by atoms with E-state index in [1.165, 1.54) is 10.9 Å². The smallest absolute Gasteiger partial charge is 0.327 e. The number of amides is 1. The summed E-state index contributed by atoms with van der Waals surface area (Å²) in [7, 11) is 0. The zero-order valence-corrected chi connectivity index (χ0v) is 8.88. The van der Waals surface area contributed by atoms with E-state index in [4.69, 9.17) is 4.42 Å². The van der Waals surface area contributed by atoms with Crippen LogP contribution in [-0.2, 0) is 13.0 Å². The molecule has 84 valence electrons. The van der Waals surface area contributed by atoms with E-state index in [0.717, 1.165) is 12.2 Å². The molecule has 0 unspecified atom stereocenters. The Morgan fingerprint density at radius 3 is 3.12 bits per heavy atom. The van der Waals surface area contributed by atoms with Crippen LogP contribution in [0.25, 0.3) is 0 Å². The van der Waals surface area contributed by atoms with Crippen LogP contribution in [0.4, 0.5) is 4.79 Å². The SMILES string of the molecule is CCc1cnc(CNC(=O)n2ccnc2)o1. The monoisotopic (exact) mass is 220 g/mol. The number of nitrogens with zero attached hydrogens (tertiary/aromatic N) is 3. The average Bonchev–Trinajstić information content (AvgIpc) is 2.96. The van der Waals surface area contributed by atoms with E-state index in [1.807, 2.05) is 6.92 Å². The molecule has 0 atom stereocenters. The number of aromatic nitrogens is 3. The van der Waals surface area contributed by atoms with Crippen molar-refractivity contribution in [2.75, 3.05) is 0 Å². The third-order valence-electron chi connectivity index (χ3n) is 2.08. The summed E-state index contributed by atoms with van der Waals surface area (Å²) in [6.07, 6.45) is 7.01. The number of nitrogens with one attached hydrogen (secondary N) is 1. The third kappa shape index (κ3) is 2.28. The summed E-state index contributed by atoms with van der Waals surface area (Å²) in [5.41, 5.74) is 0. The van der Waals surface area contributed by atoms with Crippen molar-refractivity contribution in [3.63, 3.8) is 0 Å². The van der Waals surface area contributed by atoms with Crippen molar-refractivity contribution in [2.45, 2.75) is 19.9 Å². The van der Waals surface area contributed by atoms with Crippen molar-refractivity contribution in [1.29, 1.82) is 0 Å². The van der Waals surface area contributed by atoms with E-state index in [-0.39, 0.29) is 12.6 Å². The highest BCUT2D eigenvalue weighted by Crippen LogP contribution is 2.03. The predicted octanol–water partition coefficient (Wildman–Crippen LogP) is 1.19. The fourth-order valence-electron chi connectivity index (χ4n) is 1.21. The topological polar surface area (TPSA) is 73.0 Å². The Balaban J connectivity index is 1.90. The summed E-state index contributed by atoms with van der Waals surface area (Å²) in [6, 6.07) is -0.256. The van der Waals surface area contributed by atoms with Crippen LogP contribution in [0.3, 0.4) is 0 Å². The number of hydrogen-bond acceptors (Lipinski definition) is 4. The van der Waals surface area contributed by atoms with Gasteiger partial charge in [-0.25, -0.2) is 14.8 Å². The summed E-state index contributed by atoms with van der Waals surface area (Å²) in [5.74, 6) is 1.32. The van der Waals surface area contributed by atoms with Crippen LogP contribution in [0.2, 0.25) is 0 Å². The minimum absolute atomic E-state index is 0.256. The van der Waals surface area contributed by atoms with Crippen LogP contribution >= 0.6 is 0 Å². The van der Waals surface area contributed by atoms with Gasteiger partial charge in [-0.2, -0.15) is 0 Å². The van der Waals surface area contributed by atoms with Crippen LogP contribution in [0.5, 0.6) is 0 Å². The molecule has 1 N–H and O–H groups in total. The summed E-state index contributed by atoms with van der Waals surface area (Å²) in [6.45, 7) is 2.26. The van der Waals surface area contributed by atoms with Crippen molar-refractivity contribution in [1.82, 2.24) is 19.9 Å². The van der Waals surface area contributed by atoms with Crippen molar-refractivity contribution in [3.05, 3.63) is 36.6 Å². The number of rotatable bonds is 3. The number of aryl methyl sites for hydroxylation is 1. The second-order valence-electron chi connectivity index (χ2n) is 3.20. The van der Waals surface area contributed by atoms with Gasteiger partial charge in [0, 0.05) is 18.8 Å². The Hall–Kier alpha value is -2.11. The van der Waals surface area contributed by atoms with Crippen molar-refractivity contribution < 1.29 is 9.21 Å². The minimum atomic E-state index is -0.256. The van der Waals surface area contributed by atoms with Gasteiger partial charge in [-0.15, -0.1) is 0 Å². The summed E-state index contributed by atoms with van der Waals surface area (Å²) in [4.78, 5) is 19.3. The van der Waals surface area contributed by atoms with Gasteiger partial charge in [0.1, 0.15) is 12.1 Å². The van der Waals surface area contributed by atoms with Crippen LogP contribution in [0.1, 0.15) is 18.6 Å². The quantitative estimate of drug-likeness (QED) is 0.843. The molecule has 0 aliphatic carbocycles.